The van der Waals surface area contributed by atoms with E-state index >= 15 is 0 Å². The Morgan fingerprint density at radius 1 is 1.39 bits per heavy atom. The third-order valence-corrected chi connectivity index (χ3v) is 5.97. The van der Waals surface area contributed by atoms with Crippen molar-refractivity contribution >= 4 is 23.2 Å². The molecule has 1 aromatic heterocycles. The number of fused-ring (bicyclic) bond motifs is 1. The number of nitrogens with zero attached hydrogens (tertiary/aromatic N) is 2. The van der Waals surface area contributed by atoms with Gasteiger partial charge in [-0.1, -0.05) is 6.92 Å². The fourth-order valence-electron chi connectivity index (χ4n) is 3.82. The van der Waals surface area contributed by atoms with E-state index in [0.717, 1.165) is 38.8 Å². The number of amides is 1. The zero-order chi connectivity index (χ0) is 16.4. The molecule has 3 rings (SSSR count). The Labute approximate surface area is 141 Å². The number of likely N-dealkylation sites (tertiary alicyclic amines) is 1. The smallest absolute Gasteiger partial charge is 0.323 e. The van der Waals surface area contributed by atoms with E-state index < -0.39 is 0 Å². The maximum absolute atomic E-state index is 12.8. The molecule has 0 bridgehead atoms. The number of hydrogen-bond donors (Lipinski definition) is 0. The van der Waals surface area contributed by atoms with Gasteiger partial charge in [-0.3, -0.25) is 14.5 Å². The Kier molecular flexibility index (Phi) is 5.02. The summed E-state index contributed by atoms with van der Waals surface area (Å²) in [7, 11) is 1.41. The van der Waals surface area contributed by atoms with Crippen LogP contribution < -0.4 is 0 Å². The van der Waals surface area contributed by atoms with Gasteiger partial charge in [-0.2, -0.15) is 0 Å². The van der Waals surface area contributed by atoms with Gasteiger partial charge >= 0.3 is 5.97 Å². The molecule has 1 aromatic rings. The fourth-order valence-corrected chi connectivity index (χ4v) is 4.75. The molecule has 5 nitrogen and oxygen atoms in total. The zero-order valence-electron chi connectivity index (χ0n) is 13.8. The third-order valence-electron chi connectivity index (χ3n) is 4.98. The lowest BCUT2D eigenvalue weighted by Crippen LogP contribution is -2.47. The maximum Gasteiger partial charge on any atom is 0.323 e. The Morgan fingerprint density at radius 2 is 2.22 bits per heavy atom. The molecule has 1 amide bonds. The van der Waals surface area contributed by atoms with Crippen LogP contribution in [-0.4, -0.2) is 54.5 Å². The summed E-state index contributed by atoms with van der Waals surface area (Å²) < 4.78 is 4.87. The summed E-state index contributed by atoms with van der Waals surface area (Å²) in [6.45, 7) is 4.02. The molecule has 2 aliphatic heterocycles. The summed E-state index contributed by atoms with van der Waals surface area (Å²) >= 11 is 1.79. The van der Waals surface area contributed by atoms with Crippen molar-refractivity contribution in [3.05, 3.63) is 21.9 Å². The molecular weight excluding hydrogens is 312 g/mol. The van der Waals surface area contributed by atoms with Gasteiger partial charge in [0.05, 0.1) is 19.7 Å². The van der Waals surface area contributed by atoms with Crippen LogP contribution in [0.4, 0.5) is 0 Å². The first-order valence-corrected chi connectivity index (χ1v) is 9.21. The van der Waals surface area contributed by atoms with E-state index in [-0.39, 0.29) is 24.0 Å². The monoisotopic (exact) mass is 336 g/mol. The van der Waals surface area contributed by atoms with Crippen LogP contribution >= 0.6 is 11.3 Å². The number of carbonyl (C=O) groups excluding carboxylic acids is 2. The number of thiophene rings is 1. The van der Waals surface area contributed by atoms with Crippen LogP contribution in [0.1, 0.15) is 42.7 Å². The lowest BCUT2D eigenvalue weighted by molar-refractivity contribution is -0.147. The summed E-state index contributed by atoms with van der Waals surface area (Å²) in [6.07, 6.45) is 3.59. The number of rotatable bonds is 4. The van der Waals surface area contributed by atoms with Gasteiger partial charge in [0.2, 0.25) is 5.91 Å². The molecule has 1 saturated heterocycles. The number of carbonyl (C=O) groups is 2. The highest BCUT2D eigenvalue weighted by Crippen LogP contribution is 2.35. The van der Waals surface area contributed by atoms with E-state index in [4.69, 9.17) is 4.74 Å². The molecule has 2 atom stereocenters. The molecule has 0 aromatic carbocycles. The van der Waals surface area contributed by atoms with Crippen molar-refractivity contribution in [1.29, 1.82) is 0 Å². The molecule has 1 fully saturated rings. The largest absolute Gasteiger partial charge is 0.468 e. The quantitative estimate of drug-likeness (QED) is 0.791. The van der Waals surface area contributed by atoms with E-state index in [1.54, 1.807) is 11.3 Å². The minimum absolute atomic E-state index is 0.129. The summed E-state index contributed by atoms with van der Waals surface area (Å²) in [4.78, 5) is 30.1. The second-order valence-corrected chi connectivity index (χ2v) is 7.21. The van der Waals surface area contributed by atoms with E-state index in [1.165, 1.54) is 17.6 Å². The average molecular weight is 336 g/mol. The molecular formula is C17H24N2O3S. The van der Waals surface area contributed by atoms with Crippen LogP contribution in [0.3, 0.4) is 0 Å². The Hall–Kier alpha value is -1.40. The van der Waals surface area contributed by atoms with Crippen LogP contribution in [0.5, 0.6) is 0 Å². The first-order valence-electron chi connectivity index (χ1n) is 8.33. The number of esters is 1. The average Bonchev–Trinajstić information content (AvgIpc) is 3.21. The van der Waals surface area contributed by atoms with Gasteiger partial charge in [-0.25, -0.2) is 0 Å². The van der Waals surface area contributed by atoms with Crippen molar-refractivity contribution in [2.45, 2.75) is 44.7 Å². The SMILES string of the molecule is CCC1c2ccsc2CCN1C(=O)CN1CCCC1C(=O)OC. The first kappa shape index (κ1) is 16.5. The van der Waals surface area contributed by atoms with Gasteiger partial charge in [0.25, 0.3) is 0 Å². The topological polar surface area (TPSA) is 49.9 Å². The second-order valence-electron chi connectivity index (χ2n) is 6.21. The Balaban J connectivity index is 1.70. The number of methoxy groups -OCH3 is 1. The van der Waals surface area contributed by atoms with E-state index in [0.29, 0.717) is 6.54 Å². The summed E-state index contributed by atoms with van der Waals surface area (Å²) in [5, 5.41) is 2.12. The van der Waals surface area contributed by atoms with Gasteiger partial charge in [0, 0.05) is 11.4 Å². The van der Waals surface area contributed by atoms with Crippen LogP contribution in [0.15, 0.2) is 11.4 Å². The Morgan fingerprint density at radius 3 is 2.96 bits per heavy atom. The van der Waals surface area contributed by atoms with E-state index in [9.17, 15) is 9.59 Å². The van der Waals surface area contributed by atoms with Gasteiger partial charge < -0.3 is 9.64 Å². The maximum atomic E-state index is 12.8. The van der Waals surface area contributed by atoms with E-state index in [2.05, 4.69) is 18.4 Å². The molecule has 0 N–H and O–H groups in total. The predicted molar refractivity (Wildman–Crippen MR) is 89.4 cm³/mol. The van der Waals surface area contributed by atoms with Gasteiger partial charge in [-0.15, -0.1) is 11.3 Å². The van der Waals surface area contributed by atoms with Crippen LogP contribution in [0, 0.1) is 0 Å². The van der Waals surface area contributed by atoms with Crippen molar-refractivity contribution in [1.82, 2.24) is 9.80 Å². The predicted octanol–water partition coefficient (Wildman–Crippen LogP) is 2.22. The second kappa shape index (κ2) is 7.01. The highest BCUT2D eigenvalue weighted by atomic mass is 32.1. The van der Waals surface area contributed by atoms with Gasteiger partial charge in [-0.05, 0) is 49.2 Å². The lowest BCUT2D eigenvalue weighted by Gasteiger charge is -2.37. The first-order chi connectivity index (χ1) is 11.2. The highest BCUT2D eigenvalue weighted by molar-refractivity contribution is 7.10. The van der Waals surface area contributed by atoms with Crippen LogP contribution in [0.25, 0.3) is 0 Å². The lowest BCUT2D eigenvalue weighted by atomic mass is 9.97. The van der Waals surface area contributed by atoms with Crippen LogP contribution in [-0.2, 0) is 20.7 Å². The normalized spacial score (nSPS) is 24.5. The molecule has 126 valence electrons. The molecule has 23 heavy (non-hydrogen) atoms. The molecule has 0 saturated carbocycles. The number of ether oxygens (including phenoxy) is 1. The minimum atomic E-state index is -0.259. The van der Waals surface area contributed by atoms with Gasteiger partial charge in [0.1, 0.15) is 6.04 Å². The zero-order valence-corrected chi connectivity index (χ0v) is 14.6. The van der Waals surface area contributed by atoms with Crippen molar-refractivity contribution in [3.8, 4) is 0 Å². The summed E-state index contributed by atoms with van der Waals surface area (Å²) in [5.74, 6) is -0.0920. The third kappa shape index (κ3) is 3.15. The Bertz CT molecular complexity index is 586. The highest BCUT2D eigenvalue weighted by Gasteiger charge is 2.36. The molecule has 3 heterocycles. The molecule has 0 radical (unpaired) electrons. The summed E-state index contributed by atoms with van der Waals surface area (Å²) in [6, 6.07) is 2.07. The molecule has 2 unspecified atom stereocenters. The fraction of sp³-hybridized carbons (Fsp3) is 0.647. The summed E-state index contributed by atoms with van der Waals surface area (Å²) in [5.41, 5.74) is 1.31. The molecule has 6 heteroatoms. The number of hydrogen-bond acceptors (Lipinski definition) is 5. The molecule has 0 spiro atoms. The van der Waals surface area contributed by atoms with Crippen molar-refractivity contribution in [3.63, 3.8) is 0 Å². The standard InChI is InChI=1S/C17H24N2O3S/c1-3-13-12-7-10-23-15(12)6-9-19(13)16(20)11-18-8-4-5-14(18)17(21)22-2/h7,10,13-14H,3-6,8-9,11H2,1-2H3. The van der Waals surface area contributed by atoms with E-state index in [1.807, 2.05) is 9.80 Å². The molecule has 0 aliphatic carbocycles. The van der Waals surface area contributed by atoms with Crippen LogP contribution in [0.2, 0.25) is 0 Å². The van der Waals surface area contributed by atoms with Crippen molar-refractivity contribution in [2.75, 3.05) is 26.7 Å². The van der Waals surface area contributed by atoms with Crippen molar-refractivity contribution < 1.29 is 14.3 Å². The minimum Gasteiger partial charge on any atom is -0.468 e. The molecule has 2 aliphatic rings. The van der Waals surface area contributed by atoms with Gasteiger partial charge in [0.15, 0.2) is 0 Å². The van der Waals surface area contributed by atoms with Crippen molar-refractivity contribution in [2.24, 2.45) is 0 Å².